The van der Waals surface area contributed by atoms with Crippen LogP contribution in [0.25, 0.3) is 10.8 Å². The first kappa shape index (κ1) is 13.6. The molecular formula is C13H13F3N2O. The molecule has 1 aromatic heterocycles. The van der Waals surface area contributed by atoms with Gasteiger partial charge in [-0.05, 0) is 17.0 Å². The number of ether oxygens (including phenoxy) is 1. The summed E-state index contributed by atoms with van der Waals surface area (Å²) >= 11 is 0. The maximum absolute atomic E-state index is 12.1. The van der Waals surface area contributed by atoms with E-state index in [2.05, 4.69) is 4.98 Å². The maximum atomic E-state index is 12.1. The minimum Gasteiger partial charge on any atom is -0.477 e. The van der Waals surface area contributed by atoms with Crippen molar-refractivity contribution in [2.45, 2.75) is 19.1 Å². The Morgan fingerprint density at radius 2 is 1.84 bits per heavy atom. The van der Waals surface area contributed by atoms with Gasteiger partial charge in [-0.2, -0.15) is 13.2 Å². The highest BCUT2D eigenvalue weighted by molar-refractivity contribution is 5.89. The SMILES string of the molecule is NCc1cnc(OCCC(F)(F)F)c2ccccc12. The number of fused-ring (bicyclic) bond motifs is 1. The van der Waals surface area contributed by atoms with Gasteiger partial charge in [-0.25, -0.2) is 4.98 Å². The number of nitrogens with zero attached hydrogens (tertiary/aromatic N) is 1. The first-order chi connectivity index (χ1) is 9.01. The highest BCUT2D eigenvalue weighted by Gasteiger charge is 2.27. The molecule has 2 rings (SSSR count). The van der Waals surface area contributed by atoms with Gasteiger partial charge >= 0.3 is 6.18 Å². The number of alkyl halides is 3. The number of halogens is 3. The van der Waals surface area contributed by atoms with Crippen LogP contribution in [-0.2, 0) is 6.54 Å². The second-order valence-electron chi connectivity index (χ2n) is 4.05. The average molecular weight is 270 g/mol. The predicted molar refractivity (Wildman–Crippen MR) is 65.8 cm³/mol. The summed E-state index contributed by atoms with van der Waals surface area (Å²) < 4.78 is 41.3. The minimum atomic E-state index is -4.23. The zero-order valence-corrected chi connectivity index (χ0v) is 10.1. The molecule has 0 fully saturated rings. The Kier molecular flexibility index (Phi) is 3.90. The molecular weight excluding hydrogens is 257 g/mol. The Morgan fingerprint density at radius 3 is 2.47 bits per heavy atom. The standard InChI is InChI=1S/C13H13F3N2O/c14-13(15,16)5-6-19-12-11-4-2-1-3-10(11)9(7-17)8-18-12/h1-4,8H,5-7,17H2. The third-order valence-corrected chi connectivity index (χ3v) is 2.69. The van der Waals surface area contributed by atoms with Crippen molar-refractivity contribution in [3.63, 3.8) is 0 Å². The van der Waals surface area contributed by atoms with Gasteiger partial charge in [-0.15, -0.1) is 0 Å². The van der Waals surface area contributed by atoms with E-state index in [4.69, 9.17) is 10.5 Å². The number of aromatic nitrogens is 1. The zero-order valence-electron chi connectivity index (χ0n) is 10.1. The molecule has 1 heterocycles. The lowest BCUT2D eigenvalue weighted by Crippen LogP contribution is -2.13. The van der Waals surface area contributed by atoms with Gasteiger partial charge in [0.15, 0.2) is 0 Å². The molecule has 1 aromatic carbocycles. The summed E-state index contributed by atoms with van der Waals surface area (Å²) in [5.74, 6) is 0.206. The van der Waals surface area contributed by atoms with E-state index in [0.717, 1.165) is 10.9 Å². The minimum absolute atomic E-state index is 0.206. The Bertz CT molecular complexity index is 569. The van der Waals surface area contributed by atoms with E-state index in [0.29, 0.717) is 11.9 Å². The molecule has 0 atom stereocenters. The Morgan fingerprint density at radius 1 is 1.16 bits per heavy atom. The monoisotopic (exact) mass is 270 g/mol. The molecule has 6 heteroatoms. The molecule has 0 spiro atoms. The fraction of sp³-hybridized carbons (Fsp3) is 0.308. The fourth-order valence-electron chi connectivity index (χ4n) is 1.77. The number of hydrogen-bond acceptors (Lipinski definition) is 3. The molecule has 0 aliphatic heterocycles. The average Bonchev–Trinajstić information content (AvgIpc) is 2.37. The second-order valence-corrected chi connectivity index (χ2v) is 4.05. The van der Waals surface area contributed by atoms with Crippen molar-refractivity contribution in [1.82, 2.24) is 4.98 Å². The molecule has 2 aromatic rings. The molecule has 0 saturated heterocycles. The summed E-state index contributed by atoms with van der Waals surface area (Å²) in [6.07, 6.45) is -3.69. The van der Waals surface area contributed by atoms with Crippen molar-refractivity contribution in [2.75, 3.05) is 6.61 Å². The van der Waals surface area contributed by atoms with Crippen LogP contribution in [0.5, 0.6) is 5.88 Å². The Balaban J connectivity index is 2.24. The van der Waals surface area contributed by atoms with Crippen LogP contribution < -0.4 is 10.5 Å². The van der Waals surface area contributed by atoms with E-state index in [1.807, 2.05) is 12.1 Å². The highest BCUT2D eigenvalue weighted by atomic mass is 19.4. The largest absolute Gasteiger partial charge is 0.477 e. The maximum Gasteiger partial charge on any atom is 0.392 e. The quantitative estimate of drug-likeness (QED) is 0.929. The van der Waals surface area contributed by atoms with E-state index >= 15 is 0 Å². The lowest BCUT2D eigenvalue weighted by Gasteiger charge is -2.11. The second kappa shape index (κ2) is 5.44. The van der Waals surface area contributed by atoms with Gasteiger partial charge in [-0.1, -0.05) is 18.2 Å². The number of rotatable bonds is 4. The molecule has 3 nitrogen and oxygen atoms in total. The van der Waals surface area contributed by atoms with Crippen molar-refractivity contribution in [3.05, 3.63) is 36.0 Å². The van der Waals surface area contributed by atoms with Gasteiger partial charge in [-0.3, -0.25) is 0 Å². The topological polar surface area (TPSA) is 48.1 Å². The lowest BCUT2D eigenvalue weighted by molar-refractivity contribution is -0.139. The lowest BCUT2D eigenvalue weighted by atomic mass is 10.1. The Labute approximate surface area is 108 Å². The van der Waals surface area contributed by atoms with E-state index in [9.17, 15) is 13.2 Å². The number of hydrogen-bond donors (Lipinski definition) is 1. The van der Waals surface area contributed by atoms with E-state index in [1.54, 1.807) is 12.1 Å². The number of benzene rings is 1. The van der Waals surface area contributed by atoms with Gasteiger partial charge in [0, 0.05) is 18.1 Å². The third-order valence-electron chi connectivity index (χ3n) is 2.69. The van der Waals surface area contributed by atoms with E-state index in [-0.39, 0.29) is 5.88 Å². The van der Waals surface area contributed by atoms with E-state index < -0.39 is 19.2 Å². The van der Waals surface area contributed by atoms with Crippen LogP contribution in [0.4, 0.5) is 13.2 Å². The fourth-order valence-corrected chi connectivity index (χ4v) is 1.77. The van der Waals surface area contributed by atoms with Crippen molar-refractivity contribution in [1.29, 1.82) is 0 Å². The summed E-state index contributed by atoms with van der Waals surface area (Å²) in [7, 11) is 0. The molecule has 0 aliphatic carbocycles. The van der Waals surface area contributed by atoms with Crippen LogP contribution >= 0.6 is 0 Å². The first-order valence-electron chi connectivity index (χ1n) is 5.77. The number of pyridine rings is 1. The summed E-state index contributed by atoms with van der Waals surface area (Å²) in [5.41, 5.74) is 6.43. The van der Waals surface area contributed by atoms with Crippen LogP contribution in [0.2, 0.25) is 0 Å². The van der Waals surface area contributed by atoms with Gasteiger partial charge in [0.05, 0.1) is 13.0 Å². The van der Waals surface area contributed by atoms with Crippen LogP contribution in [0.1, 0.15) is 12.0 Å². The molecule has 0 radical (unpaired) electrons. The van der Waals surface area contributed by atoms with Crippen molar-refractivity contribution < 1.29 is 17.9 Å². The highest BCUT2D eigenvalue weighted by Crippen LogP contribution is 2.27. The van der Waals surface area contributed by atoms with Gasteiger partial charge in [0.25, 0.3) is 0 Å². The van der Waals surface area contributed by atoms with Crippen molar-refractivity contribution >= 4 is 10.8 Å². The first-order valence-corrected chi connectivity index (χ1v) is 5.77. The van der Waals surface area contributed by atoms with Crippen LogP contribution in [0, 0.1) is 0 Å². The molecule has 0 aliphatic rings. The number of nitrogens with two attached hydrogens (primary N) is 1. The zero-order chi connectivity index (χ0) is 13.9. The van der Waals surface area contributed by atoms with Crippen LogP contribution in [-0.4, -0.2) is 17.8 Å². The van der Waals surface area contributed by atoms with E-state index in [1.165, 1.54) is 6.20 Å². The van der Waals surface area contributed by atoms with Gasteiger partial charge in [0.1, 0.15) is 0 Å². The van der Waals surface area contributed by atoms with Crippen LogP contribution in [0.3, 0.4) is 0 Å². The smallest absolute Gasteiger partial charge is 0.392 e. The van der Waals surface area contributed by atoms with Crippen molar-refractivity contribution in [3.8, 4) is 5.88 Å². The Hall–Kier alpha value is -1.82. The molecule has 2 N–H and O–H groups in total. The van der Waals surface area contributed by atoms with Gasteiger partial charge in [0.2, 0.25) is 5.88 Å². The molecule has 0 unspecified atom stereocenters. The summed E-state index contributed by atoms with van der Waals surface area (Å²) in [6, 6.07) is 7.21. The predicted octanol–water partition coefficient (Wildman–Crippen LogP) is 3.02. The van der Waals surface area contributed by atoms with Crippen LogP contribution in [0.15, 0.2) is 30.5 Å². The molecule has 102 valence electrons. The molecule has 0 amide bonds. The molecule has 0 saturated carbocycles. The third kappa shape index (κ3) is 3.35. The summed E-state index contributed by atoms with van der Waals surface area (Å²) in [6.45, 7) is -0.126. The van der Waals surface area contributed by atoms with Gasteiger partial charge < -0.3 is 10.5 Å². The van der Waals surface area contributed by atoms with Crippen molar-refractivity contribution in [2.24, 2.45) is 5.73 Å². The molecule has 19 heavy (non-hydrogen) atoms. The normalized spacial score (nSPS) is 11.8. The summed E-state index contributed by atoms with van der Waals surface area (Å²) in [5, 5.41) is 1.52. The summed E-state index contributed by atoms with van der Waals surface area (Å²) in [4.78, 5) is 4.03. The molecule has 0 bridgehead atoms.